The number of primary amides is 1. The molecule has 1 aromatic rings. The molecule has 0 spiro atoms. The average Bonchev–Trinajstić information content (AvgIpc) is 2.33. The number of amides is 2. The smallest absolute Gasteiger partial charge is 0.368 e. The number of urea groups is 1. The molecule has 0 fully saturated rings. The Hall–Kier alpha value is -2.26. The van der Waals surface area contributed by atoms with Crippen molar-refractivity contribution in [3.05, 3.63) is 11.8 Å². The van der Waals surface area contributed by atoms with Gasteiger partial charge < -0.3 is 21.7 Å². The van der Waals surface area contributed by atoms with Crippen LogP contribution >= 0.6 is 0 Å². The predicted molar refractivity (Wildman–Crippen MR) is 67.3 cm³/mol. The van der Waals surface area contributed by atoms with E-state index >= 15 is 0 Å². The maximum Gasteiger partial charge on any atom is 0.433 e. The normalized spacial score (nSPS) is 11.0. The van der Waals surface area contributed by atoms with Crippen LogP contribution in [-0.4, -0.2) is 35.6 Å². The summed E-state index contributed by atoms with van der Waals surface area (Å²) in [6.07, 6.45) is -4.56. The molecule has 0 saturated heterocycles. The van der Waals surface area contributed by atoms with Gasteiger partial charge in [-0.2, -0.15) is 18.2 Å². The lowest BCUT2D eigenvalue weighted by atomic mass is 10.3. The molecule has 0 saturated carbocycles. The first-order chi connectivity index (χ1) is 9.32. The quantitative estimate of drug-likeness (QED) is 0.586. The number of nitrogens with zero attached hydrogens (tertiary/aromatic N) is 2. The highest BCUT2D eigenvalue weighted by atomic mass is 19.4. The van der Waals surface area contributed by atoms with Gasteiger partial charge in [0.05, 0.1) is 0 Å². The van der Waals surface area contributed by atoms with Gasteiger partial charge in [0.2, 0.25) is 5.95 Å². The molecule has 1 heterocycles. The molecule has 0 aliphatic carbocycles. The molecule has 20 heavy (non-hydrogen) atoms. The van der Waals surface area contributed by atoms with Crippen LogP contribution in [0.2, 0.25) is 0 Å². The number of rotatable bonds is 6. The Labute approximate surface area is 113 Å². The third-order valence-electron chi connectivity index (χ3n) is 2.08. The number of carbonyl (C=O) groups excluding carboxylic acids is 1. The Morgan fingerprint density at radius 1 is 1.30 bits per heavy atom. The summed E-state index contributed by atoms with van der Waals surface area (Å²) in [5.41, 5.74) is 3.81. The van der Waals surface area contributed by atoms with Crippen LogP contribution in [-0.2, 0) is 6.18 Å². The van der Waals surface area contributed by atoms with Gasteiger partial charge in [-0.25, -0.2) is 9.78 Å². The van der Waals surface area contributed by atoms with Crippen LogP contribution in [0.1, 0.15) is 12.6 Å². The third-order valence-corrected chi connectivity index (χ3v) is 2.08. The minimum Gasteiger partial charge on any atom is -0.368 e. The average molecular weight is 292 g/mol. The van der Waals surface area contributed by atoms with Crippen LogP contribution in [0.5, 0.6) is 0 Å². The molecule has 0 unspecified atom stereocenters. The van der Waals surface area contributed by atoms with Crippen molar-refractivity contribution in [1.82, 2.24) is 15.3 Å². The number of hydrogen-bond acceptors (Lipinski definition) is 5. The Kier molecular flexibility index (Phi) is 5.35. The fraction of sp³-hybridized carbons (Fsp3) is 0.500. The second-order valence-electron chi connectivity index (χ2n) is 3.71. The number of nitrogens with one attached hydrogen (secondary N) is 3. The molecule has 1 aromatic heterocycles. The third kappa shape index (κ3) is 5.16. The van der Waals surface area contributed by atoms with Gasteiger partial charge in [0.1, 0.15) is 5.82 Å². The van der Waals surface area contributed by atoms with Gasteiger partial charge in [0, 0.05) is 25.7 Å². The first-order valence-electron chi connectivity index (χ1n) is 5.80. The molecule has 10 heteroatoms. The van der Waals surface area contributed by atoms with Crippen molar-refractivity contribution < 1.29 is 18.0 Å². The summed E-state index contributed by atoms with van der Waals surface area (Å²) >= 11 is 0. The van der Waals surface area contributed by atoms with Gasteiger partial charge >= 0.3 is 12.2 Å². The van der Waals surface area contributed by atoms with E-state index in [-0.39, 0.29) is 24.9 Å². The molecule has 0 bridgehead atoms. The number of nitrogens with two attached hydrogens (primary N) is 1. The van der Waals surface area contributed by atoms with Crippen LogP contribution in [0.25, 0.3) is 0 Å². The lowest BCUT2D eigenvalue weighted by Crippen LogP contribution is -2.33. The van der Waals surface area contributed by atoms with Crippen LogP contribution in [0.3, 0.4) is 0 Å². The van der Waals surface area contributed by atoms with Crippen LogP contribution in [0.4, 0.5) is 29.7 Å². The van der Waals surface area contributed by atoms with Gasteiger partial charge in [-0.15, -0.1) is 0 Å². The number of alkyl halides is 3. The molecule has 0 aromatic carbocycles. The standard InChI is InChI=1S/C10H15F3N6O/c1-2-15-9-18-6(10(11,12)13)5-7(19-9)16-3-4-17-8(14)20/h5H,2-4H2,1H3,(H3,14,17,20)(H2,15,16,18,19). The van der Waals surface area contributed by atoms with E-state index in [9.17, 15) is 18.0 Å². The highest BCUT2D eigenvalue weighted by Crippen LogP contribution is 2.29. The van der Waals surface area contributed by atoms with Crippen molar-refractivity contribution in [2.24, 2.45) is 5.73 Å². The molecule has 0 radical (unpaired) electrons. The van der Waals surface area contributed by atoms with Gasteiger partial charge in [-0.1, -0.05) is 0 Å². The zero-order valence-electron chi connectivity index (χ0n) is 10.7. The van der Waals surface area contributed by atoms with Crippen molar-refractivity contribution in [2.75, 3.05) is 30.3 Å². The fourth-order valence-electron chi connectivity index (χ4n) is 1.30. The molecule has 0 atom stereocenters. The van der Waals surface area contributed by atoms with Crippen molar-refractivity contribution in [2.45, 2.75) is 13.1 Å². The summed E-state index contributed by atoms with van der Waals surface area (Å²) in [6, 6.07) is 0.0873. The minimum atomic E-state index is -4.56. The first-order valence-corrected chi connectivity index (χ1v) is 5.80. The summed E-state index contributed by atoms with van der Waals surface area (Å²) in [4.78, 5) is 17.7. The summed E-state index contributed by atoms with van der Waals surface area (Å²) in [7, 11) is 0. The van der Waals surface area contributed by atoms with Crippen molar-refractivity contribution in [1.29, 1.82) is 0 Å². The highest BCUT2D eigenvalue weighted by Gasteiger charge is 2.33. The van der Waals surface area contributed by atoms with Crippen molar-refractivity contribution >= 4 is 17.8 Å². The predicted octanol–water partition coefficient (Wildman–Crippen LogP) is 1.01. The summed E-state index contributed by atoms with van der Waals surface area (Å²) in [5.74, 6) is -0.109. The minimum absolute atomic E-state index is 0.00884. The van der Waals surface area contributed by atoms with Crippen LogP contribution in [0, 0.1) is 0 Å². The molecule has 112 valence electrons. The zero-order valence-corrected chi connectivity index (χ0v) is 10.7. The summed E-state index contributed by atoms with van der Waals surface area (Å²) in [5, 5.41) is 7.56. The Morgan fingerprint density at radius 3 is 2.55 bits per heavy atom. The van der Waals surface area contributed by atoms with Crippen molar-refractivity contribution in [3.63, 3.8) is 0 Å². The maximum atomic E-state index is 12.7. The number of anilines is 2. The lowest BCUT2D eigenvalue weighted by Gasteiger charge is -2.12. The molecule has 0 aliphatic heterocycles. The molecular formula is C10H15F3N6O. The maximum absolute atomic E-state index is 12.7. The summed E-state index contributed by atoms with van der Waals surface area (Å²) in [6.45, 7) is 2.46. The number of halogens is 3. The van der Waals surface area contributed by atoms with Gasteiger partial charge in [0.25, 0.3) is 0 Å². The van der Waals surface area contributed by atoms with Crippen LogP contribution < -0.4 is 21.7 Å². The van der Waals surface area contributed by atoms with Gasteiger partial charge in [-0.3, -0.25) is 0 Å². The first kappa shape index (κ1) is 15.8. The van der Waals surface area contributed by atoms with E-state index in [0.717, 1.165) is 6.07 Å². The van der Waals surface area contributed by atoms with Crippen LogP contribution in [0.15, 0.2) is 6.07 Å². The Morgan fingerprint density at radius 2 is 2.00 bits per heavy atom. The fourth-order valence-corrected chi connectivity index (χ4v) is 1.30. The number of hydrogen-bond donors (Lipinski definition) is 4. The van der Waals surface area contributed by atoms with Gasteiger partial charge in [0.15, 0.2) is 5.69 Å². The van der Waals surface area contributed by atoms with E-state index < -0.39 is 17.9 Å². The van der Waals surface area contributed by atoms with E-state index in [1.807, 2.05) is 0 Å². The van der Waals surface area contributed by atoms with E-state index in [2.05, 4.69) is 25.9 Å². The highest BCUT2D eigenvalue weighted by molar-refractivity contribution is 5.71. The second kappa shape index (κ2) is 6.78. The monoisotopic (exact) mass is 292 g/mol. The number of carbonyl (C=O) groups is 1. The number of aromatic nitrogens is 2. The van der Waals surface area contributed by atoms with Crippen molar-refractivity contribution in [3.8, 4) is 0 Å². The molecule has 0 aliphatic rings. The molecule has 7 nitrogen and oxygen atoms in total. The molecular weight excluding hydrogens is 277 g/mol. The summed E-state index contributed by atoms with van der Waals surface area (Å²) < 4.78 is 38.0. The van der Waals surface area contributed by atoms with E-state index in [1.165, 1.54) is 0 Å². The molecule has 2 amide bonds. The Bertz CT molecular complexity index is 465. The Balaban J connectivity index is 2.78. The molecule has 1 rings (SSSR count). The zero-order chi connectivity index (χ0) is 15.2. The topological polar surface area (TPSA) is 105 Å². The SMILES string of the molecule is CCNc1nc(NCCNC(N)=O)cc(C(F)(F)F)n1. The van der Waals surface area contributed by atoms with Gasteiger partial charge in [-0.05, 0) is 6.92 Å². The second-order valence-corrected chi connectivity index (χ2v) is 3.71. The largest absolute Gasteiger partial charge is 0.433 e. The lowest BCUT2D eigenvalue weighted by molar-refractivity contribution is -0.141. The van der Waals surface area contributed by atoms with E-state index in [1.54, 1.807) is 6.92 Å². The van der Waals surface area contributed by atoms with E-state index in [4.69, 9.17) is 5.73 Å². The van der Waals surface area contributed by atoms with E-state index in [0.29, 0.717) is 6.54 Å². The molecule has 5 N–H and O–H groups in total.